The van der Waals surface area contributed by atoms with Crippen molar-refractivity contribution in [2.75, 3.05) is 0 Å². The van der Waals surface area contributed by atoms with Crippen LogP contribution in [-0.4, -0.2) is 32.5 Å². The minimum atomic E-state index is -0.773. The number of aromatic hydroxyl groups is 4. The molecule has 0 amide bonds. The van der Waals surface area contributed by atoms with E-state index in [0.29, 0.717) is 17.5 Å². The largest absolute Gasteiger partial charge is 0.508 e. The molecule has 0 radical (unpaired) electrons. The topological polar surface area (TPSA) is 116 Å². The molecule has 7 heteroatoms. The fourth-order valence-electron chi connectivity index (χ4n) is 5.42. The van der Waals surface area contributed by atoms with E-state index in [1.807, 2.05) is 0 Å². The van der Waals surface area contributed by atoms with E-state index < -0.39 is 12.2 Å². The van der Waals surface area contributed by atoms with E-state index in [9.17, 15) is 25.2 Å². The van der Waals surface area contributed by atoms with Crippen LogP contribution in [0.3, 0.4) is 0 Å². The number of unbranched alkanes of at least 4 members (excludes halogenated alkanes) is 14. The van der Waals surface area contributed by atoms with E-state index in [2.05, 4.69) is 6.92 Å². The van der Waals surface area contributed by atoms with Gasteiger partial charge in [-0.2, -0.15) is 0 Å². The molecule has 0 bridgehead atoms. The van der Waals surface area contributed by atoms with Crippen LogP contribution in [0.15, 0.2) is 30.3 Å². The molecule has 1 aliphatic heterocycles. The molecule has 0 saturated heterocycles. The van der Waals surface area contributed by atoms with E-state index in [1.165, 1.54) is 101 Å². The lowest BCUT2D eigenvalue weighted by Gasteiger charge is -2.34. The Kier molecular flexibility index (Phi) is 13.3. The first-order chi connectivity index (χ1) is 19.4. The first-order valence-corrected chi connectivity index (χ1v) is 15.3. The molecule has 0 spiro atoms. The van der Waals surface area contributed by atoms with Crippen molar-refractivity contribution in [3.63, 3.8) is 0 Å². The molecule has 0 saturated carbocycles. The molecular formula is C33H48O7. The first-order valence-electron chi connectivity index (χ1n) is 15.3. The number of hydrogen-bond donors (Lipinski definition) is 4. The Labute approximate surface area is 239 Å². The van der Waals surface area contributed by atoms with Gasteiger partial charge in [0, 0.05) is 36.1 Å². The Bertz CT molecular complexity index is 1050. The Morgan fingerprint density at radius 1 is 0.750 bits per heavy atom. The van der Waals surface area contributed by atoms with Gasteiger partial charge in [-0.1, -0.05) is 103 Å². The van der Waals surface area contributed by atoms with Gasteiger partial charge >= 0.3 is 5.97 Å². The van der Waals surface area contributed by atoms with Crippen molar-refractivity contribution in [3.8, 4) is 28.7 Å². The number of ether oxygens (including phenoxy) is 2. The van der Waals surface area contributed by atoms with Crippen LogP contribution in [0.4, 0.5) is 0 Å². The summed E-state index contributed by atoms with van der Waals surface area (Å²) in [5.74, 6) is -0.911. The predicted octanol–water partition coefficient (Wildman–Crippen LogP) is 8.36. The summed E-state index contributed by atoms with van der Waals surface area (Å²) in [6.45, 7) is 2.26. The molecule has 222 valence electrons. The van der Waals surface area contributed by atoms with Gasteiger partial charge in [0.25, 0.3) is 0 Å². The highest BCUT2D eigenvalue weighted by Gasteiger charge is 2.36. The summed E-state index contributed by atoms with van der Waals surface area (Å²) in [6.07, 6.45) is 17.8. The van der Waals surface area contributed by atoms with E-state index in [4.69, 9.17) is 9.47 Å². The van der Waals surface area contributed by atoms with Crippen LogP contribution in [0.2, 0.25) is 0 Å². The number of rotatable bonds is 18. The fourth-order valence-corrected chi connectivity index (χ4v) is 5.42. The van der Waals surface area contributed by atoms with E-state index in [1.54, 1.807) is 6.07 Å². The van der Waals surface area contributed by atoms with Crippen molar-refractivity contribution in [2.45, 2.75) is 128 Å². The SMILES string of the molecule is CCCCCCCCCCCCCCCCCC(=O)O[C@@H]1Cc2c(O)cc(O)cc2O[C@@H]1c1ccc(O)c(O)c1. The number of esters is 1. The maximum Gasteiger partial charge on any atom is 0.306 e. The number of phenolic OH excluding ortho intramolecular Hbond substituents is 4. The Morgan fingerprint density at radius 3 is 1.90 bits per heavy atom. The van der Waals surface area contributed by atoms with Gasteiger partial charge in [0.05, 0.1) is 0 Å². The molecule has 0 fully saturated rings. The van der Waals surface area contributed by atoms with Crippen molar-refractivity contribution in [1.82, 2.24) is 0 Å². The fraction of sp³-hybridized carbons (Fsp3) is 0.606. The van der Waals surface area contributed by atoms with Crippen LogP contribution in [0.25, 0.3) is 0 Å². The number of carbonyl (C=O) groups excluding carboxylic acids is 1. The zero-order chi connectivity index (χ0) is 28.7. The van der Waals surface area contributed by atoms with Crippen molar-refractivity contribution >= 4 is 5.97 Å². The highest BCUT2D eigenvalue weighted by molar-refractivity contribution is 5.69. The lowest BCUT2D eigenvalue weighted by Crippen LogP contribution is -2.34. The molecule has 1 aliphatic rings. The Balaban J connectivity index is 1.37. The molecule has 2 aromatic rings. The highest BCUT2D eigenvalue weighted by atomic mass is 16.6. The van der Waals surface area contributed by atoms with Gasteiger partial charge in [0.1, 0.15) is 23.4 Å². The van der Waals surface area contributed by atoms with Gasteiger partial charge in [0.15, 0.2) is 17.6 Å². The molecule has 0 aromatic heterocycles. The van der Waals surface area contributed by atoms with Crippen LogP contribution >= 0.6 is 0 Å². The maximum atomic E-state index is 12.7. The lowest BCUT2D eigenvalue weighted by molar-refractivity contribution is -0.155. The Hall–Kier alpha value is -3.09. The molecule has 3 rings (SSSR count). The van der Waals surface area contributed by atoms with Crippen LogP contribution in [0.1, 0.15) is 127 Å². The molecule has 2 atom stereocenters. The third-order valence-corrected chi connectivity index (χ3v) is 7.76. The van der Waals surface area contributed by atoms with Gasteiger partial charge in [-0.05, 0) is 18.6 Å². The van der Waals surface area contributed by atoms with Crippen molar-refractivity contribution < 1.29 is 34.7 Å². The molecule has 40 heavy (non-hydrogen) atoms. The predicted molar refractivity (Wildman–Crippen MR) is 156 cm³/mol. The van der Waals surface area contributed by atoms with Gasteiger partial charge in [-0.25, -0.2) is 0 Å². The third-order valence-electron chi connectivity index (χ3n) is 7.76. The number of fused-ring (bicyclic) bond motifs is 1. The summed E-state index contributed by atoms with van der Waals surface area (Å²) in [4.78, 5) is 12.7. The number of carbonyl (C=O) groups is 1. The first kappa shape index (κ1) is 31.4. The summed E-state index contributed by atoms with van der Waals surface area (Å²) in [6, 6.07) is 6.92. The molecule has 4 N–H and O–H groups in total. The summed E-state index contributed by atoms with van der Waals surface area (Å²) in [5.41, 5.74) is 0.954. The smallest absolute Gasteiger partial charge is 0.306 e. The van der Waals surface area contributed by atoms with Gasteiger partial charge in [0.2, 0.25) is 0 Å². The average Bonchev–Trinajstić information content (AvgIpc) is 2.92. The molecule has 0 aliphatic carbocycles. The zero-order valence-electron chi connectivity index (χ0n) is 24.1. The van der Waals surface area contributed by atoms with Crippen LogP contribution in [0, 0.1) is 0 Å². The van der Waals surface area contributed by atoms with E-state index in [0.717, 1.165) is 19.3 Å². The Morgan fingerprint density at radius 2 is 1.32 bits per heavy atom. The monoisotopic (exact) mass is 556 g/mol. The van der Waals surface area contributed by atoms with Crippen molar-refractivity contribution in [1.29, 1.82) is 0 Å². The van der Waals surface area contributed by atoms with Crippen LogP contribution in [-0.2, 0) is 16.0 Å². The minimum absolute atomic E-state index is 0.134. The van der Waals surface area contributed by atoms with Gasteiger partial charge in [-0.3, -0.25) is 4.79 Å². The summed E-state index contributed by atoms with van der Waals surface area (Å²) < 4.78 is 11.8. The molecular weight excluding hydrogens is 508 g/mol. The number of hydrogen-bond acceptors (Lipinski definition) is 7. The zero-order valence-corrected chi connectivity index (χ0v) is 24.1. The quantitative estimate of drug-likeness (QED) is 0.0828. The third kappa shape index (κ3) is 10.1. The average molecular weight is 557 g/mol. The van der Waals surface area contributed by atoms with Crippen LogP contribution < -0.4 is 4.74 Å². The minimum Gasteiger partial charge on any atom is -0.508 e. The van der Waals surface area contributed by atoms with Crippen molar-refractivity contribution in [2.24, 2.45) is 0 Å². The summed E-state index contributed by atoms with van der Waals surface area (Å²) in [7, 11) is 0. The molecule has 2 aromatic carbocycles. The molecule has 1 heterocycles. The summed E-state index contributed by atoms with van der Waals surface area (Å²) >= 11 is 0. The highest BCUT2D eigenvalue weighted by Crippen LogP contribution is 2.43. The molecule has 0 unspecified atom stereocenters. The number of phenols is 4. The molecule has 7 nitrogen and oxygen atoms in total. The van der Waals surface area contributed by atoms with Crippen LogP contribution in [0.5, 0.6) is 28.7 Å². The summed E-state index contributed by atoms with van der Waals surface area (Å²) in [5, 5.41) is 39.9. The van der Waals surface area contributed by atoms with E-state index >= 15 is 0 Å². The van der Waals surface area contributed by atoms with Gasteiger partial charge < -0.3 is 29.9 Å². The van der Waals surface area contributed by atoms with Gasteiger partial charge in [-0.15, -0.1) is 0 Å². The normalized spacial score (nSPS) is 16.3. The maximum absolute atomic E-state index is 12.7. The second-order valence-electron chi connectivity index (χ2n) is 11.2. The second-order valence-corrected chi connectivity index (χ2v) is 11.2. The van der Waals surface area contributed by atoms with E-state index in [-0.39, 0.29) is 41.1 Å². The lowest BCUT2D eigenvalue weighted by atomic mass is 9.93. The second kappa shape index (κ2) is 16.9. The van der Waals surface area contributed by atoms with Crippen molar-refractivity contribution in [3.05, 3.63) is 41.5 Å². The number of benzene rings is 2. The standard InChI is InChI=1S/C33H48O7/c1-2-3-4-5-6-7-8-9-10-11-12-13-14-15-16-17-32(38)39-31-23-26-28(36)21-25(34)22-30(26)40-33(31)24-18-19-27(35)29(37)20-24/h18-22,31,33-37H,2-17,23H2,1H3/t31-,33-/m1/s1.